The van der Waals surface area contributed by atoms with Gasteiger partial charge in [-0.3, -0.25) is 14.6 Å². The van der Waals surface area contributed by atoms with Gasteiger partial charge in [0.25, 0.3) is 5.91 Å². The highest BCUT2D eigenvalue weighted by molar-refractivity contribution is 5.96. The average molecular weight is 294 g/mol. The van der Waals surface area contributed by atoms with Gasteiger partial charge in [0.15, 0.2) is 6.04 Å². The van der Waals surface area contributed by atoms with Gasteiger partial charge in [0, 0.05) is 12.6 Å². The molecule has 0 spiro atoms. The molecule has 1 amide bonds. The molecule has 0 radical (unpaired) electrons. The van der Waals surface area contributed by atoms with E-state index in [1.165, 1.54) is 6.20 Å². The SMILES string of the molecule is CCC(=O)OC[C@H](NC(=O)c1ncccc1CC)C(=O)O. The molecule has 0 unspecified atom stereocenters. The number of hydrogen-bond acceptors (Lipinski definition) is 5. The number of carboxylic acid groups (broad SMARTS) is 1. The molecule has 1 aromatic rings. The first kappa shape index (κ1) is 16.6. The largest absolute Gasteiger partial charge is 0.480 e. The molecule has 0 saturated carbocycles. The van der Waals surface area contributed by atoms with Crippen LogP contribution < -0.4 is 5.32 Å². The van der Waals surface area contributed by atoms with Gasteiger partial charge in [-0.15, -0.1) is 0 Å². The number of nitrogens with zero attached hydrogens (tertiary/aromatic N) is 1. The van der Waals surface area contributed by atoms with Crippen LogP contribution in [0.1, 0.15) is 36.3 Å². The average Bonchev–Trinajstić information content (AvgIpc) is 2.50. The van der Waals surface area contributed by atoms with Crippen LogP contribution in [0.2, 0.25) is 0 Å². The zero-order valence-electron chi connectivity index (χ0n) is 12.0. The maximum absolute atomic E-state index is 12.1. The number of pyridine rings is 1. The maximum atomic E-state index is 12.1. The highest BCUT2D eigenvalue weighted by atomic mass is 16.5. The molecule has 1 heterocycles. The van der Waals surface area contributed by atoms with Crippen molar-refractivity contribution in [2.24, 2.45) is 0 Å². The van der Waals surface area contributed by atoms with Crippen molar-refractivity contribution in [2.45, 2.75) is 32.7 Å². The van der Waals surface area contributed by atoms with Crippen LogP contribution in [0.3, 0.4) is 0 Å². The van der Waals surface area contributed by atoms with E-state index >= 15 is 0 Å². The number of esters is 1. The highest BCUT2D eigenvalue weighted by Gasteiger charge is 2.23. The molecule has 0 fully saturated rings. The van der Waals surface area contributed by atoms with E-state index in [0.717, 1.165) is 0 Å². The summed E-state index contributed by atoms with van der Waals surface area (Å²) in [5.74, 6) is -2.41. The number of nitrogens with one attached hydrogen (secondary N) is 1. The molecule has 0 aromatic carbocycles. The number of ether oxygens (including phenoxy) is 1. The Hall–Kier alpha value is -2.44. The predicted octanol–water partition coefficient (Wildman–Crippen LogP) is 0.780. The lowest BCUT2D eigenvalue weighted by Gasteiger charge is -2.15. The summed E-state index contributed by atoms with van der Waals surface area (Å²) in [6.07, 6.45) is 2.20. The minimum absolute atomic E-state index is 0.139. The maximum Gasteiger partial charge on any atom is 0.329 e. The van der Waals surface area contributed by atoms with Crippen molar-refractivity contribution < 1.29 is 24.2 Å². The van der Waals surface area contributed by atoms with Crippen molar-refractivity contribution in [3.63, 3.8) is 0 Å². The molecule has 21 heavy (non-hydrogen) atoms. The third-order valence-corrected chi connectivity index (χ3v) is 2.79. The fourth-order valence-electron chi connectivity index (χ4n) is 1.61. The molecule has 0 aliphatic carbocycles. The number of amides is 1. The summed E-state index contributed by atoms with van der Waals surface area (Å²) >= 11 is 0. The molecule has 7 nitrogen and oxygen atoms in total. The minimum Gasteiger partial charge on any atom is -0.480 e. The van der Waals surface area contributed by atoms with Crippen molar-refractivity contribution in [1.82, 2.24) is 10.3 Å². The van der Waals surface area contributed by atoms with E-state index in [2.05, 4.69) is 10.3 Å². The number of carbonyl (C=O) groups is 3. The Balaban J connectivity index is 2.76. The Morgan fingerprint density at radius 1 is 1.38 bits per heavy atom. The van der Waals surface area contributed by atoms with E-state index in [4.69, 9.17) is 9.84 Å². The molecular weight excluding hydrogens is 276 g/mol. The topological polar surface area (TPSA) is 106 Å². The molecule has 7 heteroatoms. The molecule has 0 bridgehead atoms. The number of carbonyl (C=O) groups excluding carboxylic acids is 2. The van der Waals surface area contributed by atoms with Gasteiger partial charge in [-0.2, -0.15) is 0 Å². The van der Waals surface area contributed by atoms with Gasteiger partial charge in [-0.05, 0) is 18.1 Å². The summed E-state index contributed by atoms with van der Waals surface area (Å²) in [6, 6.07) is 2.14. The zero-order valence-corrected chi connectivity index (χ0v) is 12.0. The number of carboxylic acids is 1. The van der Waals surface area contributed by atoms with Crippen LogP contribution in [-0.4, -0.2) is 40.6 Å². The zero-order chi connectivity index (χ0) is 15.8. The molecule has 1 rings (SSSR count). The fourth-order valence-corrected chi connectivity index (χ4v) is 1.61. The van der Waals surface area contributed by atoms with Crippen molar-refractivity contribution in [1.29, 1.82) is 0 Å². The summed E-state index contributed by atoms with van der Waals surface area (Å²) in [6.45, 7) is 3.05. The van der Waals surface area contributed by atoms with E-state index in [9.17, 15) is 14.4 Å². The Morgan fingerprint density at radius 3 is 2.67 bits per heavy atom. The number of aromatic nitrogens is 1. The van der Waals surface area contributed by atoms with E-state index < -0.39 is 30.5 Å². The number of aryl methyl sites for hydroxylation is 1. The van der Waals surface area contributed by atoms with Crippen molar-refractivity contribution in [2.75, 3.05) is 6.61 Å². The van der Waals surface area contributed by atoms with Gasteiger partial charge < -0.3 is 15.2 Å². The Kier molecular flexibility index (Phi) is 6.32. The first-order valence-electron chi connectivity index (χ1n) is 6.62. The van der Waals surface area contributed by atoms with Gasteiger partial charge in [0.05, 0.1) is 0 Å². The number of rotatable bonds is 7. The molecule has 0 saturated heterocycles. The van der Waals surface area contributed by atoms with Crippen molar-refractivity contribution in [3.8, 4) is 0 Å². The second kappa shape index (κ2) is 7.98. The van der Waals surface area contributed by atoms with E-state index in [-0.39, 0.29) is 12.1 Å². The normalized spacial score (nSPS) is 11.5. The number of aliphatic carboxylic acids is 1. The van der Waals surface area contributed by atoms with Crippen LogP contribution in [0.5, 0.6) is 0 Å². The molecule has 2 N–H and O–H groups in total. The monoisotopic (exact) mass is 294 g/mol. The molecule has 0 aliphatic heterocycles. The van der Waals surface area contributed by atoms with E-state index in [0.29, 0.717) is 12.0 Å². The smallest absolute Gasteiger partial charge is 0.329 e. The van der Waals surface area contributed by atoms with E-state index in [1.807, 2.05) is 6.92 Å². The second-order valence-electron chi connectivity index (χ2n) is 4.27. The summed E-state index contributed by atoms with van der Waals surface area (Å²) in [5, 5.41) is 11.4. The van der Waals surface area contributed by atoms with Gasteiger partial charge in [0.2, 0.25) is 0 Å². The highest BCUT2D eigenvalue weighted by Crippen LogP contribution is 2.06. The predicted molar refractivity (Wildman–Crippen MR) is 73.8 cm³/mol. The summed E-state index contributed by atoms with van der Waals surface area (Å²) in [5.41, 5.74) is 0.887. The standard InChI is InChI=1S/C14H18N2O5/c1-3-9-6-5-7-15-12(9)13(18)16-10(14(19)20)8-21-11(17)4-2/h5-7,10H,3-4,8H2,1-2H3,(H,16,18)(H,19,20)/t10-/m0/s1. The molecule has 1 aromatic heterocycles. The quantitative estimate of drug-likeness (QED) is 0.720. The van der Waals surface area contributed by atoms with Crippen LogP contribution in [-0.2, 0) is 20.7 Å². The fraction of sp³-hybridized carbons (Fsp3) is 0.429. The Morgan fingerprint density at radius 2 is 2.10 bits per heavy atom. The third-order valence-electron chi connectivity index (χ3n) is 2.79. The number of hydrogen-bond donors (Lipinski definition) is 2. The van der Waals surface area contributed by atoms with Gasteiger partial charge >= 0.3 is 11.9 Å². The molecular formula is C14H18N2O5. The lowest BCUT2D eigenvalue weighted by atomic mass is 10.1. The van der Waals surface area contributed by atoms with Crippen LogP contribution in [0.4, 0.5) is 0 Å². The summed E-state index contributed by atoms with van der Waals surface area (Å²) < 4.78 is 4.75. The molecule has 0 aliphatic rings. The van der Waals surface area contributed by atoms with E-state index in [1.54, 1.807) is 19.1 Å². The third kappa shape index (κ3) is 4.87. The lowest BCUT2D eigenvalue weighted by Crippen LogP contribution is -2.45. The summed E-state index contributed by atoms with van der Waals surface area (Å²) in [4.78, 5) is 38.2. The van der Waals surface area contributed by atoms with Crippen LogP contribution in [0.25, 0.3) is 0 Å². The van der Waals surface area contributed by atoms with Gasteiger partial charge in [0.1, 0.15) is 12.3 Å². The Bertz CT molecular complexity index is 530. The molecule has 114 valence electrons. The molecule has 1 atom stereocenters. The van der Waals surface area contributed by atoms with Gasteiger partial charge in [-0.25, -0.2) is 4.79 Å². The minimum atomic E-state index is -1.31. The van der Waals surface area contributed by atoms with Crippen LogP contribution >= 0.6 is 0 Å². The van der Waals surface area contributed by atoms with Crippen molar-refractivity contribution in [3.05, 3.63) is 29.6 Å². The van der Waals surface area contributed by atoms with Crippen LogP contribution in [0, 0.1) is 0 Å². The van der Waals surface area contributed by atoms with Crippen LogP contribution in [0.15, 0.2) is 18.3 Å². The van der Waals surface area contributed by atoms with Crippen molar-refractivity contribution >= 4 is 17.8 Å². The Labute approximate surface area is 122 Å². The first-order valence-corrected chi connectivity index (χ1v) is 6.62. The first-order chi connectivity index (χ1) is 9.99. The van der Waals surface area contributed by atoms with Gasteiger partial charge in [-0.1, -0.05) is 19.9 Å². The lowest BCUT2D eigenvalue weighted by molar-refractivity contribution is -0.148. The summed E-state index contributed by atoms with van der Waals surface area (Å²) in [7, 11) is 0. The second-order valence-corrected chi connectivity index (χ2v) is 4.27.